The van der Waals surface area contributed by atoms with Crippen molar-refractivity contribution in [1.29, 1.82) is 0 Å². The van der Waals surface area contributed by atoms with Crippen LogP contribution in [0, 0.1) is 0 Å². The average Bonchev–Trinajstić information content (AvgIpc) is 2.38. The first-order valence-corrected chi connectivity index (χ1v) is 6.09. The Labute approximate surface area is 115 Å². The number of hydrogen-bond donors (Lipinski definition) is 0. The third-order valence-electron chi connectivity index (χ3n) is 2.45. The molecule has 0 saturated heterocycles. The molecule has 0 aromatic heterocycles. The van der Waals surface area contributed by atoms with Crippen molar-refractivity contribution >= 4 is 28.4 Å². The molecule has 0 heterocycles. The van der Waals surface area contributed by atoms with Crippen molar-refractivity contribution in [2.45, 2.75) is 6.61 Å². The lowest BCUT2D eigenvalue weighted by molar-refractivity contribution is 0.107. The third kappa shape index (κ3) is 3.03. The summed E-state index contributed by atoms with van der Waals surface area (Å²) >= 11 is 11.5. The van der Waals surface area contributed by atoms with Crippen LogP contribution < -0.4 is 4.74 Å². The summed E-state index contributed by atoms with van der Waals surface area (Å²) in [6.45, 7) is 0.248. The van der Waals surface area contributed by atoms with E-state index in [0.717, 1.165) is 5.56 Å². The van der Waals surface area contributed by atoms with Crippen molar-refractivity contribution in [2.24, 2.45) is 0 Å². The van der Waals surface area contributed by atoms with Crippen molar-refractivity contribution in [3.8, 4) is 5.75 Å². The van der Waals surface area contributed by atoms with Gasteiger partial charge < -0.3 is 4.74 Å². The SMILES string of the molecule is O=C(Cl)c1ccccc1COc1ccccc1Cl. The molecule has 0 radical (unpaired) electrons. The molecule has 0 fully saturated rings. The predicted octanol–water partition coefficient (Wildman–Crippen LogP) is 4.30. The molecule has 2 aromatic carbocycles. The van der Waals surface area contributed by atoms with Gasteiger partial charge in [0.1, 0.15) is 12.4 Å². The maximum atomic E-state index is 11.2. The van der Waals surface area contributed by atoms with Crippen LogP contribution in [-0.2, 0) is 6.61 Å². The number of benzene rings is 2. The van der Waals surface area contributed by atoms with Crippen LogP contribution in [0.1, 0.15) is 15.9 Å². The highest BCUT2D eigenvalue weighted by molar-refractivity contribution is 6.67. The van der Waals surface area contributed by atoms with Gasteiger partial charge in [-0.25, -0.2) is 0 Å². The zero-order valence-corrected chi connectivity index (χ0v) is 10.9. The van der Waals surface area contributed by atoms with Gasteiger partial charge in [0.25, 0.3) is 5.24 Å². The summed E-state index contributed by atoms with van der Waals surface area (Å²) in [4.78, 5) is 11.2. The van der Waals surface area contributed by atoms with E-state index in [9.17, 15) is 4.79 Å². The van der Waals surface area contributed by atoms with E-state index in [1.165, 1.54) is 0 Å². The minimum Gasteiger partial charge on any atom is -0.487 e. The Bertz CT molecular complexity index is 567. The molecular formula is C14H10Cl2O2. The molecule has 92 valence electrons. The van der Waals surface area contributed by atoms with Crippen LogP contribution in [-0.4, -0.2) is 5.24 Å². The van der Waals surface area contributed by atoms with E-state index in [2.05, 4.69) is 0 Å². The summed E-state index contributed by atoms with van der Waals surface area (Å²) in [5.41, 5.74) is 1.18. The van der Waals surface area contributed by atoms with Gasteiger partial charge in [-0.05, 0) is 29.8 Å². The zero-order valence-electron chi connectivity index (χ0n) is 9.40. The molecule has 0 saturated carbocycles. The zero-order chi connectivity index (χ0) is 13.0. The maximum absolute atomic E-state index is 11.2. The quantitative estimate of drug-likeness (QED) is 0.781. The number of para-hydroxylation sites is 1. The minimum atomic E-state index is -0.492. The van der Waals surface area contributed by atoms with Crippen molar-refractivity contribution in [3.63, 3.8) is 0 Å². The molecule has 2 nitrogen and oxygen atoms in total. The number of carbonyl (C=O) groups excluding carboxylic acids is 1. The molecule has 0 unspecified atom stereocenters. The molecule has 2 aromatic rings. The Kier molecular flexibility index (Phi) is 4.24. The third-order valence-corrected chi connectivity index (χ3v) is 2.96. The van der Waals surface area contributed by atoms with E-state index in [4.69, 9.17) is 27.9 Å². The van der Waals surface area contributed by atoms with Crippen LogP contribution in [0.4, 0.5) is 0 Å². The molecule has 0 spiro atoms. The van der Waals surface area contributed by atoms with E-state index in [-0.39, 0.29) is 6.61 Å². The number of ether oxygens (including phenoxy) is 1. The standard InChI is InChI=1S/C14H10Cl2O2/c15-12-7-3-4-8-13(12)18-9-10-5-1-2-6-11(10)14(16)17/h1-8H,9H2. The van der Waals surface area contributed by atoms with Crippen LogP contribution in [0.3, 0.4) is 0 Å². The Balaban J connectivity index is 2.16. The molecule has 0 aliphatic rings. The van der Waals surface area contributed by atoms with Gasteiger partial charge in [0.2, 0.25) is 0 Å². The van der Waals surface area contributed by atoms with Gasteiger partial charge in [-0.2, -0.15) is 0 Å². The molecule has 18 heavy (non-hydrogen) atoms. The Hall–Kier alpha value is -1.51. The second-order valence-corrected chi connectivity index (χ2v) is 4.40. The van der Waals surface area contributed by atoms with Crippen LogP contribution in [0.15, 0.2) is 48.5 Å². The second kappa shape index (κ2) is 5.89. The van der Waals surface area contributed by atoms with Gasteiger partial charge in [-0.1, -0.05) is 41.9 Å². The van der Waals surface area contributed by atoms with Gasteiger partial charge in [-0.3, -0.25) is 4.79 Å². The van der Waals surface area contributed by atoms with E-state index in [1.807, 2.05) is 18.2 Å². The fraction of sp³-hybridized carbons (Fsp3) is 0.0714. The molecule has 2 rings (SSSR count). The summed E-state index contributed by atoms with van der Waals surface area (Å²) in [6, 6.07) is 14.2. The molecule has 0 N–H and O–H groups in total. The lowest BCUT2D eigenvalue weighted by Gasteiger charge is -2.09. The highest BCUT2D eigenvalue weighted by Gasteiger charge is 2.09. The number of halogens is 2. The van der Waals surface area contributed by atoms with Crippen molar-refractivity contribution in [2.75, 3.05) is 0 Å². The van der Waals surface area contributed by atoms with E-state index >= 15 is 0 Å². The lowest BCUT2D eigenvalue weighted by atomic mass is 10.1. The van der Waals surface area contributed by atoms with Gasteiger partial charge in [0, 0.05) is 11.1 Å². The fourth-order valence-electron chi connectivity index (χ4n) is 1.56. The number of carbonyl (C=O) groups is 1. The molecule has 0 aliphatic carbocycles. The maximum Gasteiger partial charge on any atom is 0.252 e. The van der Waals surface area contributed by atoms with E-state index in [1.54, 1.807) is 30.3 Å². The van der Waals surface area contributed by atoms with Crippen LogP contribution in [0.2, 0.25) is 5.02 Å². The smallest absolute Gasteiger partial charge is 0.252 e. The molecule has 0 atom stereocenters. The summed E-state index contributed by atoms with van der Waals surface area (Å²) in [7, 11) is 0. The Morgan fingerprint density at radius 2 is 1.72 bits per heavy atom. The first kappa shape index (κ1) is 12.9. The summed E-state index contributed by atoms with van der Waals surface area (Å²) in [5.74, 6) is 0.580. The fourth-order valence-corrected chi connectivity index (χ4v) is 1.93. The molecule has 0 amide bonds. The van der Waals surface area contributed by atoms with Gasteiger partial charge in [0.15, 0.2) is 0 Å². The van der Waals surface area contributed by atoms with E-state index < -0.39 is 5.24 Å². The molecule has 0 aliphatic heterocycles. The van der Waals surface area contributed by atoms with Gasteiger partial charge in [-0.15, -0.1) is 0 Å². The van der Waals surface area contributed by atoms with Crippen molar-refractivity contribution in [1.82, 2.24) is 0 Å². The van der Waals surface area contributed by atoms with Gasteiger partial charge in [0.05, 0.1) is 5.02 Å². The second-order valence-electron chi connectivity index (χ2n) is 3.65. The first-order valence-electron chi connectivity index (χ1n) is 5.33. The Morgan fingerprint density at radius 1 is 1.06 bits per heavy atom. The van der Waals surface area contributed by atoms with Crippen molar-refractivity contribution in [3.05, 3.63) is 64.7 Å². The highest BCUT2D eigenvalue weighted by atomic mass is 35.5. The monoisotopic (exact) mass is 280 g/mol. The van der Waals surface area contributed by atoms with Crippen LogP contribution in [0.25, 0.3) is 0 Å². The van der Waals surface area contributed by atoms with Crippen molar-refractivity contribution < 1.29 is 9.53 Å². The minimum absolute atomic E-state index is 0.248. The van der Waals surface area contributed by atoms with E-state index in [0.29, 0.717) is 16.3 Å². The van der Waals surface area contributed by atoms with Crippen LogP contribution >= 0.6 is 23.2 Å². The number of rotatable bonds is 4. The number of hydrogen-bond acceptors (Lipinski definition) is 2. The molecular weight excluding hydrogens is 271 g/mol. The largest absolute Gasteiger partial charge is 0.487 e. The van der Waals surface area contributed by atoms with Gasteiger partial charge >= 0.3 is 0 Å². The molecule has 0 bridgehead atoms. The topological polar surface area (TPSA) is 26.3 Å². The normalized spacial score (nSPS) is 10.1. The predicted molar refractivity (Wildman–Crippen MR) is 72.4 cm³/mol. The Morgan fingerprint density at radius 3 is 2.44 bits per heavy atom. The lowest BCUT2D eigenvalue weighted by Crippen LogP contribution is -2.02. The average molecular weight is 281 g/mol. The summed E-state index contributed by atoms with van der Waals surface area (Å²) in [6.07, 6.45) is 0. The summed E-state index contributed by atoms with van der Waals surface area (Å²) < 4.78 is 5.57. The van der Waals surface area contributed by atoms with Crippen LogP contribution in [0.5, 0.6) is 5.75 Å². The highest BCUT2D eigenvalue weighted by Crippen LogP contribution is 2.24. The summed E-state index contributed by atoms with van der Waals surface area (Å²) in [5, 5.41) is 0.0422. The first-order chi connectivity index (χ1) is 8.68. The molecule has 4 heteroatoms.